The highest BCUT2D eigenvalue weighted by atomic mass is 19.1. The zero-order valence-electron chi connectivity index (χ0n) is 8.33. The topological polar surface area (TPSA) is 38.1 Å². The van der Waals surface area contributed by atoms with Crippen molar-refractivity contribution >= 4 is 5.82 Å². The average molecular weight is 206 g/mol. The summed E-state index contributed by atoms with van der Waals surface area (Å²) in [6.45, 7) is 2.47. The average Bonchev–Trinajstić information content (AvgIpc) is 2.61. The standard InChI is InChI=1S/C11H11FN2O/c1-8-5-6-15-9(8)7-13-11-4-2-3-10(12)14-11/h2-6H,7H2,1H3,(H,13,14). The van der Waals surface area contributed by atoms with Gasteiger partial charge in [-0.05, 0) is 30.7 Å². The van der Waals surface area contributed by atoms with Crippen LogP contribution in [0, 0.1) is 12.9 Å². The molecule has 0 atom stereocenters. The van der Waals surface area contributed by atoms with E-state index < -0.39 is 5.95 Å². The monoisotopic (exact) mass is 206 g/mol. The minimum absolute atomic E-state index is 0.490. The van der Waals surface area contributed by atoms with Crippen LogP contribution >= 0.6 is 0 Å². The molecule has 0 unspecified atom stereocenters. The lowest BCUT2D eigenvalue weighted by molar-refractivity contribution is 0.514. The van der Waals surface area contributed by atoms with Crippen molar-refractivity contribution in [3.05, 3.63) is 47.8 Å². The van der Waals surface area contributed by atoms with Gasteiger partial charge in [-0.1, -0.05) is 6.07 Å². The Hall–Kier alpha value is -1.84. The third-order valence-electron chi connectivity index (χ3n) is 2.11. The molecule has 2 aromatic heterocycles. The maximum absolute atomic E-state index is 12.7. The molecule has 0 fully saturated rings. The summed E-state index contributed by atoms with van der Waals surface area (Å²) >= 11 is 0. The number of rotatable bonds is 3. The number of aromatic nitrogens is 1. The molecular weight excluding hydrogens is 195 g/mol. The summed E-state index contributed by atoms with van der Waals surface area (Å²) in [6, 6.07) is 6.51. The van der Waals surface area contributed by atoms with Crippen LogP contribution in [0.3, 0.4) is 0 Å². The van der Waals surface area contributed by atoms with Crippen LogP contribution in [0.5, 0.6) is 0 Å². The van der Waals surface area contributed by atoms with Crippen LogP contribution in [0.2, 0.25) is 0 Å². The summed E-state index contributed by atoms with van der Waals surface area (Å²) in [5, 5.41) is 2.98. The number of hydrogen-bond donors (Lipinski definition) is 1. The Labute approximate surface area is 86.9 Å². The fourth-order valence-electron chi connectivity index (χ4n) is 1.26. The van der Waals surface area contributed by atoms with Gasteiger partial charge < -0.3 is 9.73 Å². The van der Waals surface area contributed by atoms with Crippen LogP contribution in [-0.4, -0.2) is 4.98 Å². The first-order valence-electron chi connectivity index (χ1n) is 4.65. The molecule has 0 aliphatic rings. The minimum Gasteiger partial charge on any atom is -0.467 e. The zero-order valence-corrected chi connectivity index (χ0v) is 8.33. The highest BCUT2D eigenvalue weighted by Crippen LogP contribution is 2.11. The second-order valence-corrected chi connectivity index (χ2v) is 3.23. The molecule has 0 spiro atoms. The molecule has 2 heterocycles. The number of pyridine rings is 1. The van der Waals surface area contributed by atoms with E-state index in [0.29, 0.717) is 12.4 Å². The molecule has 2 rings (SSSR count). The van der Waals surface area contributed by atoms with E-state index in [0.717, 1.165) is 11.3 Å². The van der Waals surface area contributed by atoms with Crippen LogP contribution in [-0.2, 0) is 6.54 Å². The second-order valence-electron chi connectivity index (χ2n) is 3.23. The van der Waals surface area contributed by atoms with Crippen LogP contribution in [0.15, 0.2) is 34.9 Å². The van der Waals surface area contributed by atoms with Gasteiger partial charge >= 0.3 is 0 Å². The lowest BCUT2D eigenvalue weighted by Crippen LogP contribution is -2.01. The predicted octanol–water partition coefficient (Wildman–Crippen LogP) is 2.73. The molecule has 0 saturated heterocycles. The van der Waals surface area contributed by atoms with Gasteiger partial charge in [0.25, 0.3) is 0 Å². The Kier molecular flexibility index (Phi) is 2.67. The van der Waals surface area contributed by atoms with Crippen LogP contribution in [0.4, 0.5) is 10.2 Å². The number of halogens is 1. The van der Waals surface area contributed by atoms with Crippen LogP contribution in [0.25, 0.3) is 0 Å². The Morgan fingerprint density at radius 1 is 1.40 bits per heavy atom. The van der Waals surface area contributed by atoms with E-state index in [1.165, 1.54) is 6.07 Å². The van der Waals surface area contributed by atoms with E-state index >= 15 is 0 Å². The molecule has 3 nitrogen and oxygen atoms in total. The lowest BCUT2D eigenvalue weighted by Gasteiger charge is -2.03. The van der Waals surface area contributed by atoms with Gasteiger partial charge in [-0.15, -0.1) is 0 Å². The van der Waals surface area contributed by atoms with Crippen LogP contribution in [0.1, 0.15) is 11.3 Å². The minimum atomic E-state index is -0.490. The number of anilines is 1. The van der Waals surface area contributed by atoms with Gasteiger partial charge in [0.1, 0.15) is 11.6 Å². The largest absolute Gasteiger partial charge is 0.467 e. The number of hydrogen-bond acceptors (Lipinski definition) is 3. The molecule has 78 valence electrons. The van der Waals surface area contributed by atoms with E-state index in [1.54, 1.807) is 18.4 Å². The molecule has 15 heavy (non-hydrogen) atoms. The SMILES string of the molecule is Cc1ccoc1CNc1cccc(F)n1. The molecule has 0 aromatic carbocycles. The van der Waals surface area contributed by atoms with Gasteiger partial charge in [-0.25, -0.2) is 4.98 Å². The van der Waals surface area contributed by atoms with E-state index in [1.807, 2.05) is 13.0 Å². The Morgan fingerprint density at radius 2 is 2.27 bits per heavy atom. The third-order valence-corrected chi connectivity index (χ3v) is 2.11. The summed E-state index contributed by atoms with van der Waals surface area (Å²) in [7, 11) is 0. The first-order valence-corrected chi connectivity index (χ1v) is 4.65. The van der Waals surface area contributed by atoms with Gasteiger partial charge in [-0.3, -0.25) is 0 Å². The highest BCUT2D eigenvalue weighted by molar-refractivity contribution is 5.34. The Bertz CT molecular complexity index is 453. The van der Waals surface area contributed by atoms with Gasteiger partial charge in [-0.2, -0.15) is 4.39 Å². The molecular formula is C11H11FN2O. The van der Waals surface area contributed by atoms with Gasteiger partial charge in [0.05, 0.1) is 12.8 Å². The summed E-state index contributed by atoms with van der Waals surface area (Å²) in [4.78, 5) is 3.68. The van der Waals surface area contributed by atoms with Crippen LogP contribution < -0.4 is 5.32 Å². The number of furan rings is 1. The fourth-order valence-corrected chi connectivity index (χ4v) is 1.26. The van der Waals surface area contributed by atoms with E-state index in [9.17, 15) is 4.39 Å². The molecule has 0 radical (unpaired) electrons. The lowest BCUT2D eigenvalue weighted by atomic mass is 10.3. The second kappa shape index (κ2) is 4.13. The van der Waals surface area contributed by atoms with E-state index in [4.69, 9.17) is 4.42 Å². The zero-order chi connectivity index (χ0) is 10.7. The van der Waals surface area contributed by atoms with Crippen molar-refractivity contribution in [1.29, 1.82) is 0 Å². The summed E-state index contributed by atoms with van der Waals surface area (Å²) in [5.74, 6) is 0.850. The maximum Gasteiger partial charge on any atom is 0.214 e. The molecule has 4 heteroatoms. The number of nitrogens with zero attached hydrogens (tertiary/aromatic N) is 1. The predicted molar refractivity (Wildman–Crippen MR) is 55.0 cm³/mol. The molecule has 1 N–H and O–H groups in total. The smallest absolute Gasteiger partial charge is 0.214 e. The first-order chi connectivity index (χ1) is 7.25. The number of nitrogens with one attached hydrogen (secondary N) is 1. The fraction of sp³-hybridized carbons (Fsp3) is 0.182. The van der Waals surface area contributed by atoms with Gasteiger partial charge in [0, 0.05) is 0 Å². The van der Waals surface area contributed by atoms with Crippen molar-refractivity contribution in [1.82, 2.24) is 4.98 Å². The van der Waals surface area contributed by atoms with Crippen molar-refractivity contribution in [2.24, 2.45) is 0 Å². The first kappa shape index (κ1) is 9.71. The van der Waals surface area contributed by atoms with Gasteiger partial charge in [0.15, 0.2) is 0 Å². The third kappa shape index (κ3) is 2.34. The Balaban J connectivity index is 2.02. The molecule has 0 aliphatic carbocycles. The number of aryl methyl sites for hydroxylation is 1. The quantitative estimate of drug-likeness (QED) is 0.784. The van der Waals surface area contributed by atoms with Crippen molar-refractivity contribution in [2.75, 3.05) is 5.32 Å². The van der Waals surface area contributed by atoms with E-state index in [2.05, 4.69) is 10.3 Å². The summed E-state index contributed by atoms with van der Waals surface area (Å²) < 4.78 is 18.0. The molecule has 0 saturated carbocycles. The summed E-state index contributed by atoms with van der Waals surface area (Å²) in [5.41, 5.74) is 1.07. The summed E-state index contributed by atoms with van der Waals surface area (Å²) in [6.07, 6.45) is 1.63. The van der Waals surface area contributed by atoms with Crippen molar-refractivity contribution in [2.45, 2.75) is 13.5 Å². The molecule has 0 bridgehead atoms. The van der Waals surface area contributed by atoms with Gasteiger partial charge in [0.2, 0.25) is 5.95 Å². The van der Waals surface area contributed by atoms with Crippen molar-refractivity contribution in [3.8, 4) is 0 Å². The Morgan fingerprint density at radius 3 is 2.93 bits per heavy atom. The van der Waals surface area contributed by atoms with E-state index in [-0.39, 0.29) is 0 Å². The molecule has 0 aliphatic heterocycles. The normalized spacial score (nSPS) is 10.3. The molecule has 2 aromatic rings. The van der Waals surface area contributed by atoms with Crippen molar-refractivity contribution in [3.63, 3.8) is 0 Å². The maximum atomic E-state index is 12.7. The highest BCUT2D eigenvalue weighted by Gasteiger charge is 2.02. The van der Waals surface area contributed by atoms with Crippen molar-refractivity contribution < 1.29 is 8.81 Å². The molecule has 0 amide bonds.